The van der Waals surface area contributed by atoms with E-state index in [2.05, 4.69) is 16.7 Å². The first-order valence-electron chi connectivity index (χ1n) is 5.22. The summed E-state index contributed by atoms with van der Waals surface area (Å²) in [6.45, 7) is 3.59. The van der Waals surface area contributed by atoms with Crippen molar-refractivity contribution in [2.24, 2.45) is 5.18 Å². The number of nitriles is 1. The minimum Gasteiger partial charge on any atom is -0.353 e. The van der Waals surface area contributed by atoms with Crippen LogP contribution in [0.4, 0.5) is 0 Å². The molecule has 96 valence electrons. The molecule has 2 heterocycles. The molecular weight excluding hydrogens is 240 g/mol. The molecule has 1 aromatic heterocycles. The fourth-order valence-electron chi connectivity index (χ4n) is 1.76. The second-order valence-electron chi connectivity index (χ2n) is 3.62. The summed E-state index contributed by atoms with van der Waals surface area (Å²) < 4.78 is 6.77. The van der Waals surface area contributed by atoms with E-state index in [1.165, 1.54) is 16.8 Å². The van der Waals surface area contributed by atoms with E-state index in [0.29, 0.717) is 12.8 Å². The quantitative estimate of drug-likeness (QED) is 0.766. The zero-order valence-electron chi connectivity index (χ0n) is 9.48. The van der Waals surface area contributed by atoms with Crippen molar-refractivity contribution in [1.29, 1.82) is 5.26 Å². The monoisotopic (exact) mass is 252 g/mol. The molecule has 2 atom stereocenters. The van der Waals surface area contributed by atoms with Gasteiger partial charge in [0.25, 0.3) is 5.56 Å². The molecule has 0 bridgehead atoms. The van der Waals surface area contributed by atoms with Gasteiger partial charge in [-0.05, 0) is 12.8 Å². The van der Waals surface area contributed by atoms with Gasteiger partial charge >= 0.3 is 5.69 Å². The molecule has 2 unspecified atom stereocenters. The van der Waals surface area contributed by atoms with Crippen LogP contribution >= 0.6 is 0 Å². The van der Waals surface area contributed by atoms with E-state index in [1.54, 1.807) is 0 Å². The van der Waals surface area contributed by atoms with Gasteiger partial charge in [-0.2, -0.15) is 4.91 Å². The zero-order valence-corrected chi connectivity index (χ0v) is 9.48. The molecule has 0 amide bonds. The topological polar surface area (TPSA) is 117 Å². The highest BCUT2D eigenvalue weighted by atomic mass is 16.5. The molecule has 1 aliphatic heterocycles. The Kier molecular flexibility index (Phi) is 4.95. The molecular formula is C10H12N4O4. The maximum atomic E-state index is 11.4. The van der Waals surface area contributed by atoms with Gasteiger partial charge in [-0.3, -0.25) is 14.3 Å². The number of H-pyrrole nitrogens is 1. The van der Waals surface area contributed by atoms with E-state index in [9.17, 15) is 14.5 Å². The molecule has 8 heteroatoms. The molecule has 18 heavy (non-hydrogen) atoms. The summed E-state index contributed by atoms with van der Waals surface area (Å²) in [5, 5.41) is 9.26. The molecule has 1 N–H and O–H groups in total. The highest BCUT2D eigenvalue weighted by Crippen LogP contribution is 2.26. The van der Waals surface area contributed by atoms with E-state index >= 15 is 0 Å². The van der Waals surface area contributed by atoms with Crippen molar-refractivity contribution in [2.45, 2.75) is 25.2 Å². The summed E-state index contributed by atoms with van der Waals surface area (Å²) in [5.41, 5.74) is -0.942. The third-order valence-corrected chi connectivity index (χ3v) is 2.52. The number of nitroso groups, excluding NO2 is 1. The molecule has 0 radical (unpaired) electrons. The first-order valence-corrected chi connectivity index (χ1v) is 5.22. The van der Waals surface area contributed by atoms with Crippen LogP contribution in [-0.4, -0.2) is 22.2 Å². The van der Waals surface area contributed by atoms with Crippen molar-refractivity contribution in [3.8, 4) is 6.57 Å². The molecule has 8 nitrogen and oxygen atoms in total. The highest BCUT2D eigenvalue weighted by molar-refractivity contribution is 4.86. The van der Waals surface area contributed by atoms with Gasteiger partial charge in [0.2, 0.25) is 0 Å². The number of hydrogen-bond acceptors (Lipinski definition) is 6. The van der Waals surface area contributed by atoms with Gasteiger partial charge in [0, 0.05) is 18.8 Å². The Bertz CT molecular complexity index is 532. The van der Waals surface area contributed by atoms with Crippen molar-refractivity contribution in [2.75, 3.05) is 6.54 Å². The summed E-state index contributed by atoms with van der Waals surface area (Å²) in [4.78, 5) is 34.5. The standard InChI is InChI=1S/C9H11N3O4.CHN/c13-7-3-4-12(9(14)11-7)8-2-1-6(16-8)5-10-15;1-2/h3-4,6,8H,1-2,5H2,(H,11,13,14);1H. The third-order valence-electron chi connectivity index (χ3n) is 2.52. The maximum Gasteiger partial charge on any atom is 0.330 e. The van der Waals surface area contributed by atoms with Gasteiger partial charge in [0.15, 0.2) is 0 Å². The number of nitrogens with zero attached hydrogens (tertiary/aromatic N) is 3. The number of hydrogen-bond donors (Lipinski definition) is 1. The highest BCUT2D eigenvalue weighted by Gasteiger charge is 2.27. The molecule has 1 aliphatic rings. The zero-order chi connectivity index (χ0) is 13.5. The number of rotatable bonds is 3. The molecule has 1 saturated heterocycles. The third kappa shape index (κ3) is 3.11. The summed E-state index contributed by atoms with van der Waals surface area (Å²) in [6, 6.07) is 1.26. The van der Waals surface area contributed by atoms with Crippen molar-refractivity contribution >= 4 is 0 Å². The Hall–Kier alpha value is -2.27. The second kappa shape index (κ2) is 6.46. The first kappa shape index (κ1) is 13.8. The van der Waals surface area contributed by atoms with Crippen LogP contribution in [0.1, 0.15) is 19.1 Å². The number of aromatic amines is 1. The number of ether oxygens (including phenoxy) is 1. The smallest absolute Gasteiger partial charge is 0.330 e. The van der Waals surface area contributed by atoms with Crippen LogP contribution in [0.3, 0.4) is 0 Å². The van der Waals surface area contributed by atoms with E-state index < -0.39 is 17.5 Å². The van der Waals surface area contributed by atoms with Crippen LogP contribution in [0.2, 0.25) is 0 Å². The Balaban J connectivity index is 0.000000771. The minimum atomic E-state index is -0.503. The lowest BCUT2D eigenvalue weighted by molar-refractivity contribution is 0.00369. The summed E-state index contributed by atoms with van der Waals surface area (Å²) in [7, 11) is 0. The van der Waals surface area contributed by atoms with Gasteiger partial charge in [-0.15, -0.1) is 0 Å². The van der Waals surface area contributed by atoms with Gasteiger partial charge in [-0.25, -0.2) is 10.1 Å². The van der Waals surface area contributed by atoms with Crippen molar-refractivity contribution in [3.05, 3.63) is 38.0 Å². The van der Waals surface area contributed by atoms with Gasteiger partial charge in [0.05, 0.1) is 6.10 Å². The van der Waals surface area contributed by atoms with Gasteiger partial charge < -0.3 is 4.74 Å². The van der Waals surface area contributed by atoms with Crippen LogP contribution in [0.15, 0.2) is 27.0 Å². The Morgan fingerprint density at radius 3 is 2.83 bits per heavy atom. The molecule has 0 aliphatic carbocycles. The van der Waals surface area contributed by atoms with Gasteiger partial charge in [-0.1, -0.05) is 5.18 Å². The minimum absolute atomic E-state index is 0.0919. The van der Waals surface area contributed by atoms with Crippen LogP contribution in [0.25, 0.3) is 0 Å². The van der Waals surface area contributed by atoms with E-state index in [4.69, 9.17) is 10.00 Å². The molecule has 1 fully saturated rings. The van der Waals surface area contributed by atoms with E-state index in [1.807, 2.05) is 0 Å². The van der Waals surface area contributed by atoms with Crippen molar-refractivity contribution in [1.82, 2.24) is 9.55 Å². The lowest BCUT2D eigenvalue weighted by Crippen LogP contribution is -2.31. The molecule has 2 rings (SSSR count). The normalized spacial score (nSPS) is 21.9. The Labute approximate surface area is 102 Å². The van der Waals surface area contributed by atoms with Crippen LogP contribution in [0.5, 0.6) is 0 Å². The van der Waals surface area contributed by atoms with E-state index in [0.717, 1.165) is 0 Å². The Morgan fingerprint density at radius 2 is 2.22 bits per heavy atom. The average molecular weight is 252 g/mol. The number of aromatic nitrogens is 2. The lowest BCUT2D eigenvalue weighted by atomic mass is 10.2. The summed E-state index contributed by atoms with van der Waals surface area (Å²) in [5.74, 6) is 0. The van der Waals surface area contributed by atoms with Crippen LogP contribution < -0.4 is 11.2 Å². The van der Waals surface area contributed by atoms with Gasteiger partial charge in [0.1, 0.15) is 12.8 Å². The summed E-state index contributed by atoms with van der Waals surface area (Å²) >= 11 is 0. The molecule has 0 aromatic carbocycles. The SMILES string of the molecule is C#N.O=NCC1CCC(n2ccc(=O)[nH]c2=O)O1. The Morgan fingerprint density at radius 1 is 1.50 bits per heavy atom. The second-order valence-corrected chi connectivity index (χ2v) is 3.62. The fraction of sp³-hybridized carbons (Fsp3) is 0.500. The predicted molar refractivity (Wildman–Crippen MR) is 61.8 cm³/mol. The lowest BCUT2D eigenvalue weighted by Gasteiger charge is -2.13. The molecule has 0 spiro atoms. The number of nitrogens with one attached hydrogen (secondary N) is 1. The maximum absolute atomic E-state index is 11.4. The molecule has 1 aromatic rings. The molecule has 0 saturated carbocycles. The van der Waals surface area contributed by atoms with Crippen LogP contribution in [-0.2, 0) is 4.74 Å². The first-order chi connectivity index (χ1) is 8.70. The van der Waals surface area contributed by atoms with E-state index in [-0.39, 0.29) is 12.6 Å². The largest absolute Gasteiger partial charge is 0.353 e. The van der Waals surface area contributed by atoms with Crippen molar-refractivity contribution < 1.29 is 4.74 Å². The average Bonchev–Trinajstić information content (AvgIpc) is 2.80. The van der Waals surface area contributed by atoms with Crippen molar-refractivity contribution in [3.63, 3.8) is 0 Å². The summed E-state index contributed by atoms with van der Waals surface area (Å²) in [6.07, 6.45) is 2.05. The predicted octanol–water partition coefficient (Wildman–Crippen LogP) is 0.120. The fourth-order valence-corrected chi connectivity index (χ4v) is 1.76. The van der Waals surface area contributed by atoms with Crippen LogP contribution in [0, 0.1) is 16.7 Å².